The predicted octanol–water partition coefficient (Wildman–Crippen LogP) is 1.88. The van der Waals surface area contributed by atoms with Crippen LogP contribution in [-0.4, -0.2) is 29.5 Å². The first-order chi connectivity index (χ1) is 7.78. The van der Waals surface area contributed by atoms with Gasteiger partial charge in [-0.05, 0) is 31.8 Å². The summed E-state index contributed by atoms with van der Waals surface area (Å²) < 4.78 is 0. The Morgan fingerprint density at radius 2 is 2.25 bits per heavy atom. The maximum atomic E-state index is 5.58. The number of hydrogen-bond acceptors (Lipinski definition) is 4. The van der Waals surface area contributed by atoms with Crippen molar-refractivity contribution in [1.29, 1.82) is 0 Å². The second kappa shape index (κ2) is 5.75. The van der Waals surface area contributed by atoms with Gasteiger partial charge in [0, 0.05) is 30.6 Å². The Hall–Kier alpha value is -0.450. The zero-order valence-electron chi connectivity index (χ0n) is 9.98. The van der Waals surface area contributed by atoms with Crippen LogP contribution in [0.4, 0.5) is 0 Å². The van der Waals surface area contributed by atoms with Crippen molar-refractivity contribution < 1.29 is 0 Å². The molecule has 0 spiro atoms. The van der Waals surface area contributed by atoms with E-state index in [-0.39, 0.29) is 0 Å². The third kappa shape index (κ3) is 3.27. The number of nitrogens with zero attached hydrogens (tertiary/aromatic N) is 2. The van der Waals surface area contributed by atoms with Crippen molar-refractivity contribution in [2.75, 3.05) is 19.6 Å². The molecule has 2 N–H and O–H groups in total. The van der Waals surface area contributed by atoms with E-state index in [1.165, 1.54) is 35.8 Å². The SMILES string of the molecule is CC1CCN(CCc2ncc(CN)s2)CC1. The van der Waals surface area contributed by atoms with Crippen LogP contribution in [0.2, 0.25) is 0 Å². The van der Waals surface area contributed by atoms with Gasteiger partial charge < -0.3 is 10.6 Å². The van der Waals surface area contributed by atoms with Crippen molar-refractivity contribution in [3.63, 3.8) is 0 Å². The average molecular weight is 239 g/mol. The minimum Gasteiger partial charge on any atom is -0.326 e. The summed E-state index contributed by atoms with van der Waals surface area (Å²) in [5, 5.41) is 1.24. The summed E-state index contributed by atoms with van der Waals surface area (Å²) in [6.07, 6.45) is 5.70. The van der Waals surface area contributed by atoms with E-state index < -0.39 is 0 Å². The van der Waals surface area contributed by atoms with Gasteiger partial charge >= 0.3 is 0 Å². The van der Waals surface area contributed by atoms with Gasteiger partial charge in [-0.25, -0.2) is 4.98 Å². The van der Waals surface area contributed by atoms with Crippen molar-refractivity contribution in [3.05, 3.63) is 16.1 Å². The highest BCUT2D eigenvalue weighted by molar-refractivity contribution is 7.11. The molecule has 1 aliphatic heterocycles. The van der Waals surface area contributed by atoms with E-state index in [4.69, 9.17) is 5.73 Å². The molecule has 0 aliphatic carbocycles. The standard InChI is InChI=1S/C12H21N3S/c1-10-2-5-15(6-3-10)7-4-12-14-9-11(8-13)16-12/h9-10H,2-8,13H2,1H3. The number of hydrogen-bond donors (Lipinski definition) is 1. The topological polar surface area (TPSA) is 42.2 Å². The Balaban J connectivity index is 1.74. The summed E-state index contributed by atoms with van der Waals surface area (Å²) in [5.41, 5.74) is 5.58. The maximum Gasteiger partial charge on any atom is 0.0940 e. The second-order valence-corrected chi connectivity index (χ2v) is 5.90. The van der Waals surface area contributed by atoms with Crippen molar-refractivity contribution in [2.24, 2.45) is 11.7 Å². The summed E-state index contributed by atoms with van der Waals surface area (Å²) in [4.78, 5) is 8.15. The first-order valence-electron chi connectivity index (χ1n) is 6.14. The summed E-state index contributed by atoms with van der Waals surface area (Å²) in [6.45, 7) is 6.65. The number of piperidine rings is 1. The lowest BCUT2D eigenvalue weighted by molar-refractivity contribution is 0.194. The molecule has 0 amide bonds. The van der Waals surface area contributed by atoms with E-state index in [9.17, 15) is 0 Å². The van der Waals surface area contributed by atoms with Crippen molar-refractivity contribution in [3.8, 4) is 0 Å². The minimum atomic E-state index is 0.624. The molecule has 1 saturated heterocycles. The lowest BCUT2D eigenvalue weighted by Gasteiger charge is -2.29. The predicted molar refractivity (Wildman–Crippen MR) is 68.5 cm³/mol. The van der Waals surface area contributed by atoms with E-state index in [1.54, 1.807) is 11.3 Å². The Bertz CT molecular complexity index is 316. The minimum absolute atomic E-state index is 0.624. The average Bonchev–Trinajstić information content (AvgIpc) is 2.76. The molecule has 0 unspecified atom stereocenters. The fourth-order valence-electron chi connectivity index (χ4n) is 2.10. The molecule has 1 aromatic rings. The van der Waals surface area contributed by atoms with Crippen LogP contribution < -0.4 is 5.73 Å². The zero-order chi connectivity index (χ0) is 11.4. The molecule has 1 aromatic heterocycles. The van der Waals surface area contributed by atoms with Crippen molar-refractivity contribution in [2.45, 2.75) is 32.7 Å². The molecule has 0 aromatic carbocycles. The number of rotatable bonds is 4. The zero-order valence-corrected chi connectivity index (χ0v) is 10.8. The van der Waals surface area contributed by atoms with Crippen molar-refractivity contribution in [1.82, 2.24) is 9.88 Å². The van der Waals surface area contributed by atoms with Gasteiger partial charge in [0.15, 0.2) is 0 Å². The third-order valence-electron chi connectivity index (χ3n) is 3.32. The second-order valence-electron chi connectivity index (χ2n) is 4.70. The van der Waals surface area contributed by atoms with Gasteiger partial charge in [-0.15, -0.1) is 11.3 Å². The fraction of sp³-hybridized carbons (Fsp3) is 0.750. The van der Waals surface area contributed by atoms with Crippen molar-refractivity contribution >= 4 is 11.3 Å². The Labute approximate surface area is 102 Å². The van der Waals surface area contributed by atoms with Gasteiger partial charge in [0.2, 0.25) is 0 Å². The lowest BCUT2D eigenvalue weighted by Crippen LogP contribution is -2.34. The van der Waals surface area contributed by atoms with Crippen LogP contribution in [0.15, 0.2) is 6.20 Å². The quantitative estimate of drug-likeness (QED) is 0.872. The molecular weight excluding hydrogens is 218 g/mol. The van der Waals surface area contributed by atoms with Gasteiger partial charge in [-0.3, -0.25) is 0 Å². The number of aromatic nitrogens is 1. The Morgan fingerprint density at radius 1 is 1.50 bits per heavy atom. The van der Waals surface area contributed by atoms with E-state index in [0.29, 0.717) is 6.54 Å². The molecule has 1 fully saturated rings. The summed E-state index contributed by atoms with van der Waals surface area (Å²) >= 11 is 1.76. The molecule has 1 aliphatic rings. The molecule has 3 nitrogen and oxygen atoms in total. The highest BCUT2D eigenvalue weighted by atomic mass is 32.1. The van der Waals surface area contributed by atoms with Crippen LogP contribution in [-0.2, 0) is 13.0 Å². The Kier molecular flexibility index (Phi) is 4.32. The lowest BCUT2D eigenvalue weighted by atomic mass is 9.99. The van der Waals surface area contributed by atoms with Crippen LogP contribution in [0.25, 0.3) is 0 Å². The molecule has 90 valence electrons. The summed E-state index contributed by atoms with van der Waals surface area (Å²) in [7, 11) is 0. The smallest absolute Gasteiger partial charge is 0.0940 e. The summed E-state index contributed by atoms with van der Waals surface area (Å²) in [6, 6.07) is 0. The number of thiazole rings is 1. The molecule has 0 bridgehead atoms. The molecule has 0 saturated carbocycles. The van der Waals surface area contributed by atoms with Crippen LogP contribution in [0.3, 0.4) is 0 Å². The molecule has 2 rings (SSSR count). The van der Waals surface area contributed by atoms with Gasteiger partial charge in [0.1, 0.15) is 0 Å². The van der Waals surface area contributed by atoms with E-state index in [2.05, 4.69) is 16.8 Å². The van der Waals surface area contributed by atoms with Crippen LogP contribution in [0.5, 0.6) is 0 Å². The molecular formula is C12H21N3S. The summed E-state index contributed by atoms with van der Waals surface area (Å²) in [5.74, 6) is 0.917. The number of likely N-dealkylation sites (tertiary alicyclic amines) is 1. The van der Waals surface area contributed by atoms with Gasteiger partial charge in [0.05, 0.1) is 5.01 Å². The normalized spacial score (nSPS) is 19.1. The molecule has 0 atom stereocenters. The molecule has 2 heterocycles. The number of nitrogens with two attached hydrogens (primary N) is 1. The first kappa shape index (κ1) is 12.0. The van der Waals surface area contributed by atoms with E-state index >= 15 is 0 Å². The fourth-order valence-corrected chi connectivity index (χ4v) is 2.89. The third-order valence-corrected chi connectivity index (χ3v) is 4.40. The Morgan fingerprint density at radius 3 is 2.88 bits per heavy atom. The van der Waals surface area contributed by atoms with Gasteiger partial charge in [0.25, 0.3) is 0 Å². The molecule has 0 radical (unpaired) electrons. The van der Waals surface area contributed by atoms with Crippen LogP contribution in [0.1, 0.15) is 29.7 Å². The molecule has 4 heteroatoms. The monoisotopic (exact) mass is 239 g/mol. The highest BCUT2D eigenvalue weighted by Gasteiger charge is 2.15. The first-order valence-corrected chi connectivity index (χ1v) is 6.95. The van der Waals surface area contributed by atoms with Crippen LogP contribution >= 0.6 is 11.3 Å². The van der Waals surface area contributed by atoms with E-state index in [0.717, 1.165) is 18.9 Å². The van der Waals surface area contributed by atoms with Gasteiger partial charge in [-0.1, -0.05) is 6.92 Å². The largest absolute Gasteiger partial charge is 0.326 e. The van der Waals surface area contributed by atoms with Gasteiger partial charge in [-0.2, -0.15) is 0 Å². The highest BCUT2D eigenvalue weighted by Crippen LogP contribution is 2.17. The van der Waals surface area contributed by atoms with Crippen LogP contribution in [0, 0.1) is 5.92 Å². The van der Waals surface area contributed by atoms with E-state index in [1.807, 2.05) is 6.20 Å². The maximum absolute atomic E-state index is 5.58. The molecule has 16 heavy (non-hydrogen) atoms.